The van der Waals surface area contributed by atoms with Gasteiger partial charge in [-0.2, -0.15) is 0 Å². The van der Waals surface area contributed by atoms with E-state index in [1.54, 1.807) is 5.51 Å². The Bertz CT molecular complexity index is 959. The first-order chi connectivity index (χ1) is 13.0. The number of amides is 1. The van der Waals surface area contributed by atoms with Crippen molar-refractivity contribution >= 4 is 17.2 Å². The number of thiazole rings is 1. The standard InChI is InChI=1S/C20H22N4O2S/c1-12-18(14(3)26-23-12)17-6-4-5-16(22-17)9-15-7-8-24(10-15)20(25)19-13(2)21-11-27-19/h4-6,11,15H,7-10H2,1-3H3/t15-/m0/s1. The number of nitrogens with zero attached hydrogens (tertiary/aromatic N) is 4. The molecule has 7 heteroatoms. The summed E-state index contributed by atoms with van der Waals surface area (Å²) in [5.41, 5.74) is 6.33. The Labute approximate surface area is 162 Å². The van der Waals surface area contributed by atoms with Crippen LogP contribution in [0.3, 0.4) is 0 Å². The molecule has 4 heterocycles. The molecule has 1 aliphatic heterocycles. The second-order valence-corrected chi connectivity index (χ2v) is 7.94. The summed E-state index contributed by atoms with van der Waals surface area (Å²) in [7, 11) is 0. The van der Waals surface area contributed by atoms with Crippen LogP contribution in [0, 0.1) is 26.7 Å². The summed E-state index contributed by atoms with van der Waals surface area (Å²) in [6, 6.07) is 6.08. The number of hydrogen-bond acceptors (Lipinski definition) is 6. The lowest BCUT2D eigenvalue weighted by Crippen LogP contribution is -2.28. The third kappa shape index (κ3) is 3.51. The topological polar surface area (TPSA) is 72.1 Å². The van der Waals surface area contributed by atoms with Crippen LogP contribution in [0.5, 0.6) is 0 Å². The van der Waals surface area contributed by atoms with Crippen molar-refractivity contribution < 1.29 is 9.32 Å². The van der Waals surface area contributed by atoms with Gasteiger partial charge in [0.25, 0.3) is 5.91 Å². The molecule has 140 valence electrons. The predicted octanol–water partition coefficient (Wildman–Crippen LogP) is 3.82. The van der Waals surface area contributed by atoms with Gasteiger partial charge in [0, 0.05) is 18.8 Å². The molecule has 0 aromatic carbocycles. The van der Waals surface area contributed by atoms with E-state index in [-0.39, 0.29) is 5.91 Å². The molecule has 1 fully saturated rings. The molecule has 0 unspecified atom stereocenters. The quantitative estimate of drug-likeness (QED) is 0.686. The van der Waals surface area contributed by atoms with Gasteiger partial charge in [-0.3, -0.25) is 9.78 Å². The third-order valence-electron chi connectivity index (χ3n) is 5.11. The number of hydrogen-bond donors (Lipinski definition) is 0. The first-order valence-electron chi connectivity index (χ1n) is 9.11. The fourth-order valence-electron chi connectivity index (χ4n) is 3.71. The average Bonchev–Trinajstić information content (AvgIpc) is 3.36. The van der Waals surface area contributed by atoms with Crippen LogP contribution in [0.2, 0.25) is 0 Å². The highest BCUT2D eigenvalue weighted by Gasteiger charge is 2.29. The van der Waals surface area contributed by atoms with Gasteiger partial charge in [0.05, 0.1) is 28.2 Å². The van der Waals surface area contributed by atoms with Gasteiger partial charge in [0.2, 0.25) is 0 Å². The van der Waals surface area contributed by atoms with E-state index in [1.807, 2.05) is 37.8 Å². The minimum Gasteiger partial charge on any atom is -0.361 e. The Morgan fingerprint density at radius 2 is 2.15 bits per heavy atom. The SMILES string of the molecule is Cc1ncsc1C(=O)N1CC[C@@H](Cc2cccc(-c3c(C)noc3C)n2)C1. The lowest BCUT2D eigenvalue weighted by Gasteiger charge is -2.16. The van der Waals surface area contributed by atoms with Crippen molar-refractivity contribution in [2.24, 2.45) is 5.92 Å². The van der Waals surface area contributed by atoms with Crippen LogP contribution >= 0.6 is 11.3 Å². The van der Waals surface area contributed by atoms with Gasteiger partial charge in [-0.05, 0) is 51.7 Å². The molecule has 3 aromatic heterocycles. The molecular formula is C20H22N4O2S. The van der Waals surface area contributed by atoms with Crippen molar-refractivity contribution in [2.75, 3.05) is 13.1 Å². The summed E-state index contributed by atoms with van der Waals surface area (Å²) in [5.74, 6) is 1.32. The maximum Gasteiger partial charge on any atom is 0.265 e. The normalized spacial score (nSPS) is 16.9. The summed E-state index contributed by atoms with van der Waals surface area (Å²) >= 11 is 1.42. The van der Waals surface area contributed by atoms with Gasteiger partial charge < -0.3 is 9.42 Å². The monoisotopic (exact) mass is 382 g/mol. The summed E-state index contributed by atoms with van der Waals surface area (Å²) in [5, 5.41) is 4.02. The Hall–Kier alpha value is -2.54. The largest absolute Gasteiger partial charge is 0.361 e. The minimum absolute atomic E-state index is 0.106. The minimum atomic E-state index is 0.106. The molecule has 1 atom stereocenters. The van der Waals surface area contributed by atoms with Gasteiger partial charge in [0.15, 0.2) is 0 Å². The number of likely N-dealkylation sites (tertiary alicyclic amines) is 1. The van der Waals surface area contributed by atoms with Crippen LogP contribution in [0.25, 0.3) is 11.3 Å². The fraction of sp³-hybridized carbons (Fsp3) is 0.400. The van der Waals surface area contributed by atoms with Crippen LogP contribution in [0.1, 0.15) is 38.9 Å². The first-order valence-corrected chi connectivity index (χ1v) is 9.99. The molecular weight excluding hydrogens is 360 g/mol. The number of aromatic nitrogens is 3. The van der Waals surface area contributed by atoms with Crippen LogP contribution in [-0.4, -0.2) is 39.0 Å². The van der Waals surface area contributed by atoms with Gasteiger partial charge in [-0.15, -0.1) is 11.3 Å². The summed E-state index contributed by atoms with van der Waals surface area (Å²) in [6.07, 6.45) is 1.86. The van der Waals surface area contributed by atoms with Crippen LogP contribution < -0.4 is 0 Å². The smallest absolute Gasteiger partial charge is 0.265 e. The van der Waals surface area contributed by atoms with Crippen LogP contribution in [-0.2, 0) is 6.42 Å². The van der Waals surface area contributed by atoms with Crippen molar-refractivity contribution in [3.8, 4) is 11.3 Å². The maximum atomic E-state index is 12.7. The summed E-state index contributed by atoms with van der Waals surface area (Å²) < 4.78 is 5.27. The van der Waals surface area contributed by atoms with Crippen molar-refractivity contribution in [1.29, 1.82) is 0 Å². The number of aryl methyl sites for hydroxylation is 3. The Morgan fingerprint density at radius 1 is 1.30 bits per heavy atom. The molecule has 0 spiro atoms. The van der Waals surface area contributed by atoms with Gasteiger partial charge in [0.1, 0.15) is 10.6 Å². The van der Waals surface area contributed by atoms with E-state index in [0.29, 0.717) is 5.92 Å². The van der Waals surface area contributed by atoms with Gasteiger partial charge in [-0.25, -0.2) is 4.98 Å². The highest BCUT2D eigenvalue weighted by Crippen LogP contribution is 2.27. The van der Waals surface area contributed by atoms with Gasteiger partial charge in [-0.1, -0.05) is 11.2 Å². The molecule has 1 aliphatic rings. The second-order valence-electron chi connectivity index (χ2n) is 7.09. The summed E-state index contributed by atoms with van der Waals surface area (Å²) in [6.45, 7) is 7.30. The zero-order chi connectivity index (χ0) is 19.0. The van der Waals surface area contributed by atoms with E-state index >= 15 is 0 Å². The van der Waals surface area contributed by atoms with Crippen LogP contribution in [0.15, 0.2) is 28.2 Å². The second kappa shape index (κ2) is 7.23. The van der Waals surface area contributed by atoms with Crippen molar-refractivity contribution in [3.63, 3.8) is 0 Å². The van der Waals surface area contributed by atoms with Gasteiger partial charge >= 0.3 is 0 Å². The fourth-order valence-corrected chi connectivity index (χ4v) is 4.48. The average molecular weight is 382 g/mol. The molecule has 0 bridgehead atoms. The number of carbonyl (C=O) groups excluding carboxylic acids is 1. The van der Waals surface area contributed by atoms with E-state index in [4.69, 9.17) is 9.51 Å². The zero-order valence-electron chi connectivity index (χ0n) is 15.7. The number of carbonyl (C=O) groups is 1. The van der Waals surface area contributed by atoms with E-state index in [9.17, 15) is 4.79 Å². The van der Waals surface area contributed by atoms with Crippen molar-refractivity contribution in [1.82, 2.24) is 20.0 Å². The number of pyridine rings is 1. The molecule has 27 heavy (non-hydrogen) atoms. The zero-order valence-corrected chi connectivity index (χ0v) is 16.5. The van der Waals surface area contributed by atoms with E-state index in [0.717, 1.165) is 64.9 Å². The molecule has 6 nitrogen and oxygen atoms in total. The highest BCUT2D eigenvalue weighted by molar-refractivity contribution is 7.11. The maximum absolute atomic E-state index is 12.7. The third-order valence-corrected chi connectivity index (χ3v) is 6.02. The Kier molecular flexibility index (Phi) is 4.78. The van der Waals surface area contributed by atoms with E-state index in [2.05, 4.69) is 16.2 Å². The molecule has 0 aliphatic carbocycles. The Balaban J connectivity index is 1.46. The molecule has 1 saturated heterocycles. The number of rotatable bonds is 4. The predicted molar refractivity (Wildman–Crippen MR) is 104 cm³/mol. The highest BCUT2D eigenvalue weighted by atomic mass is 32.1. The molecule has 1 amide bonds. The molecule has 0 N–H and O–H groups in total. The van der Waals surface area contributed by atoms with E-state index in [1.165, 1.54) is 11.3 Å². The molecule has 4 rings (SSSR count). The van der Waals surface area contributed by atoms with Crippen molar-refractivity contribution in [3.05, 3.63) is 51.4 Å². The molecule has 0 saturated carbocycles. The van der Waals surface area contributed by atoms with Crippen LogP contribution in [0.4, 0.5) is 0 Å². The Morgan fingerprint density at radius 3 is 2.85 bits per heavy atom. The first kappa shape index (κ1) is 17.9. The van der Waals surface area contributed by atoms with Crippen molar-refractivity contribution in [2.45, 2.75) is 33.6 Å². The lowest BCUT2D eigenvalue weighted by molar-refractivity contribution is 0.0791. The summed E-state index contributed by atoms with van der Waals surface area (Å²) in [4.78, 5) is 24.4. The van der Waals surface area contributed by atoms with E-state index < -0.39 is 0 Å². The molecule has 3 aromatic rings. The molecule has 0 radical (unpaired) electrons. The lowest BCUT2D eigenvalue weighted by atomic mass is 10.0.